The van der Waals surface area contributed by atoms with E-state index >= 15 is 0 Å². The second-order valence-corrected chi connectivity index (χ2v) is 2.99. The summed E-state index contributed by atoms with van der Waals surface area (Å²) in [5.74, 6) is -0.706. The largest absolute Gasteiger partial charge is 0.573 e. The predicted molar refractivity (Wildman–Crippen MR) is 47.9 cm³/mol. The van der Waals surface area contributed by atoms with Crippen LogP contribution in [0.1, 0.15) is 10.4 Å². The van der Waals surface area contributed by atoms with E-state index in [1.165, 1.54) is 0 Å². The van der Waals surface area contributed by atoms with Crippen LogP contribution < -0.4 is 10.5 Å². The normalized spacial score (nSPS) is 11.2. The summed E-state index contributed by atoms with van der Waals surface area (Å²) >= 11 is 5.51. The number of hydrogen-bond acceptors (Lipinski definition) is 3. The zero-order chi connectivity index (χ0) is 11.6. The molecule has 1 aromatic rings. The molecule has 0 radical (unpaired) electrons. The van der Waals surface area contributed by atoms with E-state index in [2.05, 4.69) is 4.74 Å². The van der Waals surface area contributed by atoms with Crippen molar-refractivity contribution in [2.45, 2.75) is 6.36 Å². The fourth-order valence-electron chi connectivity index (χ4n) is 0.936. The summed E-state index contributed by atoms with van der Waals surface area (Å²) in [4.78, 5) is 10.5. The van der Waals surface area contributed by atoms with Crippen LogP contribution in [0.5, 0.6) is 5.75 Å². The Hall–Kier alpha value is -1.43. The van der Waals surface area contributed by atoms with Crippen LogP contribution in [0.4, 0.5) is 18.9 Å². The first-order chi connectivity index (χ1) is 6.83. The summed E-state index contributed by atoms with van der Waals surface area (Å²) in [7, 11) is 0. The van der Waals surface area contributed by atoms with Crippen LogP contribution in [0, 0.1) is 0 Å². The van der Waals surface area contributed by atoms with Gasteiger partial charge in [0.1, 0.15) is 5.75 Å². The number of nitrogen functional groups attached to an aromatic ring is 1. The maximum atomic E-state index is 11.9. The van der Waals surface area contributed by atoms with Crippen molar-refractivity contribution in [3.63, 3.8) is 0 Å². The van der Waals surface area contributed by atoms with Crippen molar-refractivity contribution in [3.8, 4) is 5.75 Å². The summed E-state index contributed by atoms with van der Waals surface area (Å²) in [5, 5.41) is -0.191. The molecule has 7 heteroatoms. The van der Waals surface area contributed by atoms with Gasteiger partial charge in [0.05, 0.1) is 10.6 Å². The molecule has 0 saturated carbocycles. The molecule has 0 unspecified atom stereocenters. The lowest BCUT2D eigenvalue weighted by Crippen LogP contribution is -2.18. The van der Waals surface area contributed by atoms with Gasteiger partial charge in [0.25, 0.3) is 0 Å². The van der Waals surface area contributed by atoms with Crippen molar-refractivity contribution >= 4 is 23.6 Å². The molecule has 0 bridgehead atoms. The Morgan fingerprint density at radius 1 is 1.40 bits per heavy atom. The highest BCUT2D eigenvalue weighted by atomic mass is 35.5. The Bertz CT molecular complexity index is 392. The number of rotatable bonds is 2. The number of nitrogens with two attached hydrogens (primary N) is 1. The molecule has 0 aliphatic rings. The average Bonchev–Trinajstić information content (AvgIpc) is 1.99. The molecular weight excluding hydrogens is 235 g/mol. The lowest BCUT2D eigenvalue weighted by molar-refractivity contribution is -0.274. The highest BCUT2D eigenvalue weighted by molar-refractivity contribution is 6.33. The number of benzene rings is 1. The highest BCUT2D eigenvalue weighted by Crippen LogP contribution is 2.32. The minimum absolute atomic E-state index is 0.0233. The summed E-state index contributed by atoms with van der Waals surface area (Å²) in [6, 6.07) is 2.04. The Labute approximate surface area is 87.6 Å². The number of hydrogen-bond donors (Lipinski definition) is 1. The van der Waals surface area contributed by atoms with Crippen molar-refractivity contribution < 1.29 is 22.7 Å². The van der Waals surface area contributed by atoms with Gasteiger partial charge < -0.3 is 10.5 Å². The molecule has 0 aromatic heterocycles. The molecule has 0 aliphatic carbocycles. The predicted octanol–water partition coefficient (Wildman–Crippen LogP) is 2.63. The lowest BCUT2D eigenvalue weighted by atomic mass is 10.2. The number of anilines is 1. The fourth-order valence-corrected chi connectivity index (χ4v) is 1.20. The molecule has 0 fully saturated rings. The molecule has 15 heavy (non-hydrogen) atoms. The third kappa shape index (κ3) is 3.02. The number of carbonyl (C=O) groups is 1. The molecule has 3 nitrogen and oxygen atoms in total. The fraction of sp³-hybridized carbons (Fsp3) is 0.125. The lowest BCUT2D eigenvalue weighted by Gasteiger charge is -2.12. The summed E-state index contributed by atoms with van der Waals surface area (Å²) in [6.07, 6.45) is -4.72. The molecule has 0 heterocycles. The van der Waals surface area contributed by atoms with Crippen LogP contribution in [-0.2, 0) is 0 Å². The molecule has 1 aromatic carbocycles. The Kier molecular flexibility index (Phi) is 3.09. The van der Waals surface area contributed by atoms with Gasteiger partial charge in [-0.15, -0.1) is 13.2 Å². The van der Waals surface area contributed by atoms with E-state index in [0.29, 0.717) is 0 Å². The Morgan fingerprint density at radius 2 is 2.00 bits per heavy atom. The minimum Gasteiger partial charge on any atom is -0.405 e. The van der Waals surface area contributed by atoms with Crippen LogP contribution in [0.3, 0.4) is 0 Å². The molecule has 0 atom stereocenters. The van der Waals surface area contributed by atoms with Crippen LogP contribution in [0.25, 0.3) is 0 Å². The molecule has 1 rings (SSSR count). The second kappa shape index (κ2) is 3.98. The zero-order valence-corrected chi connectivity index (χ0v) is 7.89. The van der Waals surface area contributed by atoms with E-state index in [1.54, 1.807) is 0 Å². The first-order valence-electron chi connectivity index (χ1n) is 3.63. The number of alkyl halides is 3. The van der Waals surface area contributed by atoms with Crippen molar-refractivity contribution in [2.75, 3.05) is 5.73 Å². The summed E-state index contributed by atoms with van der Waals surface area (Å²) < 4.78 is 39.3. The van der Waals surface area contributed by atoms with E-state index < -0.39 is 12.1 Å². The van der Waals surface area contributed by atoms with Gasteiger partial charge in [-0.2, -0.15) is 0 Å². The maximum absolute atomic E-state index is 11.9. The molecule has 0 amide bonds. The van der Waals surface area contributed by atoms with Crippen molar-refractivity contribution in [1.29, 1.82) is 0 Å². The topological polar surface area (TPSA) is 52.3 Å². The van der Waals surface area contributed by atoms with E-state index in [4.69, 9.17) is 17.3 Å². The molecule has 0 aliphatic heterocycles. The van der Waals surface area contributed by atoms with E-state index in [9.17, 15) is 18.0 Å². The first-order valence-corrected chi connectivity index (χ1v) is 4.01. The Balaban J connectivity index is 3.21. The Morgan fingerprint density at radius 3 is 2.47 bits per heavy atom. The van der Waals surface area contributed by atoms with E-state index in [-0.39, 0.29) is 22.6 Å². The third-order valence-corrected chi connectivity index (χ3v) is 1.77. The van der Waals surface area contributed by atoms with Gasteiger partial charge in [0.2, 0.25) is 0 Å². The van der Waals surface area contributed by atoms with Gasteiger partial charge in [-0.25, -0.2) is 0 Å². The molecule has 2 N–H and O–H groups in total. The zero-order valence-electron chi connectivity index (χ0n) is 7.14. The van der Waals surface area contributed by atoms with Crippen molar-refractivity contribution in [3.05, 3.63) is 22.7 Å². The second-order valence-electron chi connectivity index (χ2n) is 2.58. The van der Waals surface area contributed by atoms with Crippen LogP contribution >= 0.6 is 11.6 Å². The third-order valence-electron chi connectivity index (χ3n) is 1.46. The van der Waals surface area contributed by atoms with Crippen molar-refractivity contribution in [1.82, 2.24) is 0 Å². The number of carbonyl (C=O) groups excluding carboxylic acids is 1. The van der Waals surface area contributed by atoms with Gasteiger partial charge in [0, 0.05) is 11.8 Å². The van der Waals surface area contributed by atoms with Gasteiger partial charge in [0.15, 0.2) is 6.29 Å². The standard InChI is InChI=1S/C8H5ClF3NO2/c9-6-1-4(13)2-7(5(6)3-14)15-8(10,11)12/h1-3H,13H2. The number of ether oxygens (including phenoxy) is 1. The van der Waals surface area contributed by atoms with Gasteiger partial charge in [-0.1, -0.05) is 11.6 Å². The molecule has 0 saturated heterocycles. The van der Waals surface area contributed by atoms with Crippen molar-refractivity contribution in [2.24, 2.45) is 0 Å². The molecule has 0 spiro atoms. The first kappa shape index (κ1) is 11.6. The van der Waals surface area contributed by atoms with E-state index in [0.717, 1.165) is 12.1 Å². The summed E-state index contributed by atoms with van der Waals surface area (Å²) in [5.41, 5.74) is 4.84. The SMILES string of the molecule is Nc1cc(Cl)c(C=O)c(OC(F)(F)F)c1. The van der Waals surface area contributed by atoms with Crippen LogP contribution in [0.2, 0.25) is 5.02 Å². The van der Waals surface area contributed by atoms with Crippen LogP contribution in [-0.4, -0.2) is 12.6 Å². The molecular formula is C8H5ClF3NO2. The average molecular weight is 240 g/mol. The maximum Gasteiger partial charge on any atom is 0.573 e. The monoisotopic (exact) mass is 239 g/mol. The summed E-state index contributed by atoms with van der Waals surface area (Å²) in [6.45, 7) is 0. The van der Waals surface area contributed by atoms with Crippen LogP contribution in [0.15, 0.2) is 12.1 Å². The van der Waals surface area contributed by atoms with Gasteiger partial charge in [-0.05, 0) is 6.07 Å². The number of aldehydes is 1. The van der Waals surface area contributed by atoms with Gasteiger partial charge in [-0.3, -0.25) is 4.79 Å². The minimum atomic E-state index is -4.89. The number of halogens is 4. The highest BCUT2D eigenvalue weighted by Gasteiger charge is 2.32. The molecule has 82 valence electrons. The van der Waals surface area contributed by atoms with Gasteiger partial charge >= 0.3 is 6.36 Å². The van der Waals surface area contributed by atoms with E-state index in [1.807, 2.05) is 0 Å². The quantitative estimate of drug-likeness (QED) is 0.638. The smallest absolute Gasteiger partial charge is 0.405 e.